The minimum absolute atomic E-state index is 0.152. The van der Waals surface area contributed by atoms with Crippen molar-refractivity contribution in [1.29, 1.82) is 0 Å². The maximum absolute atomic E-state index is 10.8. The average molecular weight is 219 g/mol. The van der Waals surface area contributed by atoms with Crippen LogP contribution in [0.2, 0.25) is 0 Å². The molecule has 1 aromatic carbocycles. The van der Waals surface area contributed by atoms with Crippen LogP contribution in [0.15, 0.2) is 24.3 Å². The third-order valence-corrected chi connectivity index (χ3v) is 3.25. The Balaban J connectivity index is 2.20. The van der Waals surface area contributed by atoms with Crippen molar-refractivity contribution in [3.05, 3.63) is 35.4 Å². The second kappa shape index (κ2) is 4.66. The Hall–Kier alpha value is -1.35. The lowest BCUT2D eigenvalue weighted by Crippen LogP contribution is -2.29. The van der Waals surface area contributed by atoms with Crippen molar-refractivity contribution in [3.8, 4) is 0 Å². The number of carbonyl (C=O) groups is 1. The van der Waals surface area contributed by atoms with Gasteiger partial charge in [0.2, 0.25) is 0 Å². The number of carboxylic acids is 1. The predicted octanol–water partition coefficient (Wildman–Crippen LogP) is 2.22. The number of aryl methyl sites for hydroxylation is 1. The van der Waals surface area contributed by atoms with Gasteiger partial charge in [-0.25, -0.2) is 0 Å². The molecule has 1 aliphatic heterocycles. The zero-order valence-corrected chi connectivity index (χ0v) is 9.52. The smallest absolute Gasteiger partial charge is 0.317 e. The Kier molecular flexibility index (Phi) is 3.25. The number of nitrogens with zero attached hydrogens (tertiary/aromatic N) is 1. The maximum atomic E-state index is 10.8. The summed E-state index contributed by atoms with van der Waals surface area (Å²) in [5.41, 5.74) is 2.53. The van der Waals surface area contributed by atoms with Gasteiger partial charge in [0.05, 0.1) is 6.54 Å². The molecule has 0 saturated carbocycles. The fourth-order valence-corrected chi connectivity index (χ4v) is 2.50. The Bertz CT molecular complexity index is 389. The van der Waals surface area contributed by atoms with Crippen LogP contribution in [0.25, 0.3) is 0 Å². The number of hydrogen-bond donors (Lipinski definition) is 1. The van der Waals surface area contributed by atoms with E-state index in [9.17, 15) is 4.79 Å². The molecular weight excluding hydrogens is 202 g/mol. The van der Waals surface area contributed by atoms with Crippen molar-refractivity contribution in [2.75, 3.05) is 13.1 Å². The van der Waals surface area contributed by atoms with Crippen LogP contribution < -0.4 is 0 Å². The van der Waals surface area contributed by atoms with Crippen LogP contribution in [0.5, 0.6) is 0 Å². The highest BCUT2D eigenvalue weighted by molar-refractivity contribution is 5.69. The van der Waals surface area contributed by atoms with E-state index < -0.39 is 5.97 Å². The minimum atomic E-state index is -0.736. The Morgan fingerprint density at radius 3 is 2.94 bits per heavy atom. The second-order valence-corrected chi connectivity index (χ2v) is 4.38. The highest BCUT2D eigenvalue weighted by Gasteiger charge is 2.27. The predicted molar refractivity (Wildman–Crippen MR) is 62.4 cm³/mol. The molecule has 1 aliphatic rings. The monoisotopic (exact) mass is 219 g/mol. The first-order chi connectivity index (χ1) is 7.68. The molecule has 0 aliphatic carbocycles. The van der Waals surface area contributed by atoms with Gasteiger partial charge in [0.25, 0.3) is 0 Å². The molecule has 3 nitrogen and oxygen atoms in total. The number of hydrogen-bond acceptors (Lipinski definition) is 2. The first-order valence-corrected chi connectivity index (χ1v) is 5.70. The van der Waals surface area contributed by atoms with E-state index in [1.165, 1.54) is 11.1 Å². The van der Waals surface area contributed by atoms with E-state index in [4.69, 9.17) is 5.11 Å². The van der Waals surface area contributed by atoms with Crippen LogP contribution >= 0.6 is 0 Å². The van der Waals surface area contributed by atoms with Gasteiger partial charge in [-0.3, -0.25) is 9.69 Å². The van der Waals surface area contributed by atoms with E-state index in [-0.39, 0.29) is 12.6 Å². The molecule has 0 spiro atoms. The highest BCUT2D eigenvalue weighted by atomic mass is 16.4. The normalized spacial score (nSPS) is 21.2. The molecule has 2 rings (SSSR count). The summed E-state index contributed by atoms with van der Waals surface area (Å²) in [6.07, 6.45) is 2.16. The maximum Gasteiger partial charge on any atom is 0.317 e. The van der Waals surface area contributed by atoms with Crippen molar-refractivity contribution < 1.29 is 9.90 Å². The SMILES string of the molecule is Cc1ccccc1[C@@H]1CCCN1CC(=O)O. The van der Waals surface area contributed by atoms with E-state index >= 15 is 0 Å². The van der Waals surface area contributed by atoms with Crippen LogP contribution in [0.1, 0.15) is 30.0 Å². The largest absolute Gasteiger partial charge is 0.480 e. The number of likely N-dealkylation sites (tertiary alicyclic amines) is 1. The molecule has 1 heterocycles. The number of rotatable bonds is 3. The van der Waals surface area contributed by atoms with Gasteiger partial charge in [0, 0.05) is 6.04 Å². The van der Waals surface area contributed by atoms with Crippen LogP contribution in [0.4, 0.5) is 0 Å². The van der Waals surface area contributed by atoms with Crippen molar-refractivity contribution >= 4 is 5.97 Å². The Morgan fingerprint density at radius 2 is 2.25 bits per heavy atom. The minimum Gasteiger partial charge on any atom is -0.480 e. The van der Waals surface area contributed by atoms with Gasteiger partial charge in [-0.2, -0.15) is 0 Å². The van der Waals surface area contributed by atoms with Gasteiger partial charge < -0.3 is 5.11 Å². The van der Waals surface area contributed by atoms with Crippen molar-refractivity contribution in [2.24, 2.45) is 0 Å². The van der Waals surface area contributed by atoms with Crippen molar-refractivity contribution in [1.82, 2.24) is 4.90 Å². The summed E-state index contributed by atoms with van der Waals surface area (Å²) in [6.45, 7) is 3.14. The molecule has 0 amide bonds. The molecule has 0 radical (unpaired) electrons. The summed E-state index contributed by atoms with van der Waals surface area (Å²) in [4.78, 5) is 12.8. The van der Waals surface area contributed by atoms with E-state index in [1.807, 2.05) is 12.1 Å². The van der Waals surface area contributed by atoms with Crippen molar-refractivity contribution in [2.45, 2.75) is 25.8 Å². The molecule has 1 aromatic rings. The van der Waals surface area contributed by atoms with Gasteiger partial charge in [-0.1, -0.05) is 24.3 Å². The van der Waals surface area contributed by atoms with E-state index in [2.05, 4.69) is 24.0 Å². The Morgan fingerprint density at radius 1 is 1.50 bits per heavy atom. The number of carboxylic acid groups (broad SMARTS) is 1. The second-order valence-electron chi connectivity index (χ2n) is 4.38. The fourth-order valence-electron chi connectivity index (χ4n) is 2.50. The fraction of sp³-hybridized carbons (Fsp3) is 0.462. The average Bonchev–Trinajstić information content (AvgIpc) is 2.66. The highest BCUT2D eigenvalue weighted by Crippen LogP contribution is 2.33. The standard InChI is InChI=1S/C13H17NO2/c1-10-5-2-3-6-11(10)12-7-4-8-14(12)9-13(15)16/h2-3,5-6,12H,4,7-9H2,1H3,(H,15,16)/t12-/m0/s1. The summed E-state index contributed by atoms with van der Waals surface area (Å²) in [5.74, 6) is -0.736. The molecule has 86 valence electrons. The molecular formula is C13H17NO2. The summed E-state index contributed by atoms with van der Waals surface area (Å²) < 4.78 is 0. The third kappa shape index (κ3) is 2.25. The molecule has 0 unspecified atom stereocenters. The molecule has 1 atom stereocenters. The van der Waals surface area contributed by atoms with E-state index in [0.29, 0.717) is 0 Å². The van der Waals surface area contributed by atoms with Gasteiger partial charge in [-0.05, 0) is 37.4 Å². The van der Waals surface area contributed by atoms with Gasteiger partial charge in [0.1, 0.15) is 0 Å². The molecule has 1 fully saturated rings. The quantitative estimate of drug-likeness (QED) is 0.847. The summed E-state index contributed by atoms with van der Waals surface area (Å²) in [6, 6.07) is 8.54. The summed E-state index contributed by atoms with van der Waals surface area (Å²) in [7, 11) is 0. The number of benzene rings is 1. The first kappa shape index (κ1) is 11.1. The van der Waals surface area contributed by atoms with Crippen LogP contribution in [-0.4, -0.2) is 29.1 Å². The molecule has 1 N–H and O–H groups in total. The molecule has 1 saturated heterocycles. The van der Waals surface area contributed by atoms with E-state index in [1.54, 1.807) is 0 Å². The topological polar surface area (TPSA) is 40.5 Å². The van der Waals surface area contributed by atoms with E-state index in [0.717, 1.165) is 19.4 Å². The van der Waals surface area contributed by atoms with Crippen molar-refractivity contribution in [3.63, 3.8) is 0 Å². The lowest BCUT2D eigenvalue weighted by Gasteiger charge is -2.24. The molecule has 0 bridgehead atoms. The molecule has 16 heavy (non-hydrogen) atoms. The molecule has 3 heteroatoms. The summed E-state index contributed by atoms with van der Waals surface area (Å²) >= 11 is 0. The number of aliphatic carboxylic acids is 1. The van der Waals surface area contributed by atoms with Crippen LogP contribution in [-0.2, 0) is 4.79 Å². The van der Waals surface area contributed by atoms with Gasteiger partial charge >= 0.3 is 5.97 Å². The Labute approximate surface area is 95.7 Å². The summed E-state index contributed by atoms with van der Waals surface area (Å²) in [5, 5.41) is 8.87. The zero-order chi connectivity index (χ0) is 11.5. The van der Waals surface area contributed by atoms with Crippen LogP contribution in [0.3, 0.4) is 0 Å². The first-order valence-electron chi connectivity index (χ1n) is 5.70. The lowest BCUT2D eigenvalue weighted by atomic mass is 9.99. The lowest BCUT2D eigenvalue weighted by molar-refractivity contribution is -0.138. The zero-order valence-electron chi connectivity index (χ0n) is 9.52. The van der Waals surface area contributed by atoms with Gasteiger partial charge in [-0.15, -0.1) is 0 Å². The van der Waals surface area contributed by atoms with Gasteiger partial charge in [0.15, 0.2) is 0 Å². The van der Waals surface area contributed by atoms with Crippen LogP contribution in [0, 0.1) is 6.92 Å². The third-order valence-electron chi connectivity index (χ3n) is 3.25. The molecule has 0 aromatic heterocycles.